The predicted molar refractivity (Wildman–Crippen MR) is 52.8 cm³/mol. The van der Waals surface area contributed by atoms with Crippen LogP contribution >= 0.6 is 0 Å². The van der Waals surface area contributed by atoms with Crippen LogP contribution in [0.4, 0.5) is 4.39 Å². The molecule has 0 spiro atoms. The minimum absolute atomic E-state index is 0.207. The van der Waals surface area contributed by atoms with E-state index in [1.165, 1.54) is 12.1 Å². The van der Waals surface area contributed by atoms with E-state index in [1.54, 1.807) is 0 Å². The third-order valence-electron chi connectivity index (χ3n) is 1.95. The molecule has 0 N–H and O–H groups in total. The summed E-state index contributed by atoms with van der Waals surface area (Å²) in [6, 6.07) is 3.65. The van der Waals surface area contributed by atoms with Gasteiger partial charge in [0.05, 0.1) is 0 Å². The summed E-state index contributed by atoms with van der Waals surface area (Å²) >= 11 is 0. The van der Waals surface area contributed by atoms with Crippen molar-refractivity contribution in [2.24, 2.45) is 0 Å². The first-order chi connectivity index (χ1) is 7.48. The summed E-state index contributed by atoms with van der Waals surface area (Å²) < 4.78 is 40.3. The van der Waals surface area contributed by atoms with Crippen molar-refractivity contribution >= 4 is 9.84 Å². The lowest BCUT2D eigenvalue weighted by Gasteiger charge is -2.01. The number of rotatable bonds is 2. The number of aromatic nitrogens is 2. The second-order valence-electron chi connectivity index (χ2n) is 3.17. The molecule has 0 aliphatic carbocycles. The van der Waals surface area contributed by atoms with E-state index in [2.05, 4.69) is 14.7 Å². The molecule has 1 aromatic heterocycles. The first-order valence-electron chi connectivity index (χ1n) is 4.25. The number of halogens is 1. The van der Waals surface area contributed by atoms with Gasteiger partial charge in [0.2, 0.25) is 12.2 Å². The molecule has 0 fully saturated rings. The number of sulfone groups is 1. The Balaban J connectivity index is 2.53. The van der Waals surface area contributed by atoms with Crippen molar-refractivity contribution < 1.29 is 17.3 Å². The van der Waals surface area contributed by atoms with Gasteiger partial charge in [0, 0.05) is 11.8 Å². The van der Waals surface area contributed by atoms with Crippen molar-refractivity contribution in [1.29, 1.82) is 0 Å². The molecule has 1 heterocycles. The maximum Gasteiger partial charge on any atom is 0.214 e. The van der Waals surface area contributed by atoms with E-state index in [1.807, 2.05) is 0 Å². The molecule has 0 saturated heterocycles. The van der Waals surface area contributed by atoms with Crippen molar-refractivity contribution in [3.63, 3.8) is 0 Å². The largest absolute Gasteiger partial charge is 0.342 e. The second kappa shape index (κ2) is 3.67. The highest BCUT2D eigenvalue weighted by molar-refractivity contribution is 7.90. The Hall–Kier alpha value is -1.76. The average molecular weight is 242 g/mol. The zero-order valence-corrected chi connectivity index (χ0v) is 9.03. The summed E-state index contributed by atoms with van der Waals surface area (Å²) in [5.41, 5.74) is 0.360. The fraction of sp³-hybridized carbons (Fsp3) is 0.111. The van der Waals surface area contributed by atoms with Crippen LogP contribution in [0.1, 0.15) is 0 Å². The molecule has 0 aliphatic rings. The standard InChI is InChI=1S/C9H7FN2O3S/c1-16(13,14)8-3-2-6(4-7(8)10)9-11-5-15-12-9/h2-5H,1H3. The fourth-order valence-electron chi connectivity index (χ4n) is 1.24. The molecule has 0 radical (unpaired) electrons. The van der Waals surface area contributed by atoms with E-state index in [4.69, 9.17) is 0 Å². The molecule has 1 aromatic carbocycles. The highest BCUT2D eigenvalue weighted by Gasteiger charge is 2.15. The van der Waals surface area contributed by atoms with Crippen LogP contribution in [0.2, 0.25) is 0 Å². The number of hydrogen-bond acceptors (Lipinski definition) is 5. The van der Waals surface area contributed by atoms with Crippen LogP contribution in [0.3, 0.4) is 0 Å². The summed E-state index contributed by atoms with van der Waals surface area (Å²) in [5.74, 6) is -0.622. The second-order valence-corrected chi connectivity index (χ2v) is 5.16. The van der Waals surface area contributed by atoms with Gasteiger partial charge in [-0.2, -0.15) is 4.98 Å². The van der Waals surface area contributed by atoms with E-state index in [-0.39, 0.29) is 10.7 Å². The zero-order valence-electron chi connectivity index (χ0n) is 8.21. The SMILES string of the molecule is CS(=O)(=O)c1ccc(-c2ncon2)cc1F. The van der Waals surface area contributed by atoms with E-state index in [0.29, 0.717) is 5.56 Å². The monoisotopic (exact) mass is 242 g/mol. The van der Waals surface area contributed by atoms with E-state index < -0.39 is 15.7 Å². The maximum atomic E-state index is 13.5. The summed E-state index contributed by atoms with van der Waals surface area (Å²) in [7, 11) is -3.56. The smallest absolute Gasteiger partial charge is 0.214 e. The van der Waals surface area contributed by atoms with Crippen LogP contribution in [0.5, 0.6) is 0 Å². The molecular weight excluding hydrogens is 235 g/mol. The summed E-state index contributed by atoms with van der Waals surface area (Å²) in [6.07, 6.45) is 2.05. The predicted octanol–water partition coefficient (Wildman–Crippen LogP) is 1.28. The lowest BCUT2D eigenvalue weighted by Crippen LogP contribution is -2.00. The molecule has 0 atom stereocenters. The zero-order chi connectivity index (χ0) is 11.8. The molecule has 0 amide bonds. The van der Waals surface area contributed by atoms with Crippen LogP contribution in [-0.4, -0.2) is 24.8 Å². The van der Waals surface area contributed by atoms with Gasteiger partial charge in [0.15, 0.2) is 9.84 Å². The van der Waals surface area contributed by atoms with Gasteiger partial charge in [0.1, 0.15) is 10.7 Å². The Kier molecular flexibility index (Phi) is 2.47. The molecule has 0 bridgehead atoms. The van der Waals surface area contributed by atoms with Gasteiger partial charge in [-0.1, -0.05) is 5.16 Å². The van der Waals surface area contributed by atoms with Gasteiger partial charge in [-0.15, -0.1) is 0 Å². The normalized spacial score (nSPS) is 11.6. The quantitative estimate of drug-likeness (QED) is 0.793. The molecule has 84 valence electrons. The molecule has 0 saturated carbocycles. The lowest BCUT2D eigenvalue weighted by molar-refractivity contribution is 0.418. The number of hydrogen-bond donors (Lipinski definition) is 0. The average Bonchev–Trinajstić information content (AvgIpc) is 2.68. The highest BCUT2D eigenvalue weighted by atomic mass is 32.2. The fourth-order valence-corrected chi connectivity index (χ4v) is 1.97. The number of nitrogens with zero attached hydrogens (tertiary/aromatic N) is 2. The van der Waals surface area contributed by atoms with Crippen LogP contribution in [-0.2, 0) is 9.84 Å². The molecule has 7 heteroatoms. The minimum Gasteiger partial charge on any atom is -0.342 e. The van der Waals surface area contributed by atoms with Crippen molar-refractivity contribution in [3.8, 4) is 11.4 Å². The van der Waals surface area contributed by atoms with E-state index >= 15 is 0 Å². The van der Waals surface area contributed by atoms with Crippen LogP contribution in [0.25, 0.3) is 11.4 Å². The van der Waals surface area contributed by atoms with E-state index in [0.717, 1.165) is 18.7 Å². The maximum absolute atomic E-state index is 13.5. The Morgan fingerprint density at radius 3 is 2.62 bits per heavy atom. The van der Waals surface area contributed by atoms with Gasteiger partial charge >= 0.3 is 0 Å². The van der Waals surface area contributed by atoms with Crippen LogP contribution in [0.15, 0.2) is 34.0 Å². The third-order valence-corrected chi connectivity index (χ3v) is 3.08. The highest BCUT2D eigenvalue weighted by Crippen LogP contribution is 2.21. The van der Waals surface area contributed by atoms with E-state index in [9.17, 15) is 12.8 Å². The Bertz CT molecular complexity index is 608. The van der Waals surface area contributed by atoms with Crippen molar-refractivity contribution in [2.75, 3.05) is 6.26 Å². The first-order valence-corrected chi connectivity index (χ1v) is 6.14. The lowest BCUT2D eigenvalue weighted by atomic mass is 10.2. The van der Waals surface area contributed by atoms with Gasteiger partial charge in [0.25, 0.3) is 0 Å². The van der Waals surface area contributed by atoms with Gasteiger partial charge in [-0.3, -0.25) is 0 Å². The van der Waals surface area contributed by atoms with Gasteiger partial charge in [-0.05, 0) is 18.2 Å². The van der Waals surface area contributed by atoms with Crippen LogP contribution < -0.4 is 0 Å². The molecule has 2 aromatic rings. The molecule has 16 heavy (non-hydrogen) atoms. The van der Waals surface area contributed by atoms with Gasteiger partial charge < -0.3 is 4.52 Å². The van der Waals surface area contributed by atoms with Gasteiger partial charge in [-0.25, -0.2) is 12.8 Å². The Labute approximate surface area is 90.8 Å². The Morgan fingerprint density at radius 2 is 2.12 bits per heavy atom. The molecular formula is C9H7FN2O3S. The van der Waals surface area contributed by atoms with Crippen LogP contribution in [0, 0.1) is 5.82 Å². The molecule has 5 nitrogen and oxygen atoms in total. The summed E-state index contributed by atoms with van der Waals surface area (Å²) in [5, 5.41) is 3.52. The molecule has 0 unspecified atom stereocenters. The molecule has 2 rings (SSSR count). The minimum atomic E-state index is -3.56. The summed E-state index contributed by atoms with van der Waals surface area (Å²) in [4.78, 5) is 3.38. The van der Waals surface area contributed by atoms with Crippen molar-refractivity contribution in [1.82, 2.24) is 10.1 Å². The first kappa shape index (κ1) is 10.7. The third kappa shape index (κ3) is 1.94. The van der Waals surface area contributed by atoms with Crippen molar-refractivity contribution in [3.05, 3.63) is 30.4 Å². The molecule has 0 aliphatic heterocycles. The summed E-state index contributed by atoms with van der Waals surface area (Å²) in [6.45, 7) is 0. The Morgan fingerprint density at radius 1 is 1.38 bits per heavy atom. The topological polar surface area (TPSA) is 73.1 Å². The number of benzene rings is 1. The van der Waals surface area contributed by atoms with Crippen molar-refractivity contribution in [2.45, 2.75) is 4.90 Å².